The molecule has 7 nitrogen and oxygen atoms in total. The van der Waals surface area contributed by atoms with Gasteiger partial charge < -0.3 is 20.1 Å². The number of anilines is 1. The quantitative estimate of drug-likeness (QED) is 0.565. The summed E-state index contributed by atoms with van der Waals surface area (Å²) in [6.45, 7) is 4.23. The molecule has 2 saturated carbocycles. The maximum absolute atomic E-state index is 13.2. The summed E-state index contributed by atoms with van der Waals surface area (Å²) in [5, 5.41) is 13.0. The predicted octanol–water partition coefficient (Wildman–Crippen LogP) is 4.89. The number of nitrogens with zero attached hydrogens (tertiary/aromatic N) is 3. The van der Waals surface area contributed by atoms with Crippen LogP contribution in [0.1, 0.15) is 79.8 Å². The van der Waals surface area contributed by atoms with Crippen LogP contribution in [0.2, 0.25) is 5.02 Å². The van der Waals surface area contributed by atoms with E-state index in [2.05, 4.69) is 22.1 Å². The van der Waals surface area contributed by atoms with Crippen LogP contribution < -0.4 is 15.0 Å². The Hall–Kier alpha value is -2.38. The number of aromatic nitrogens is 2. The van der Waals surface area contributed by atoms with Crippen LogP contribution in [0.5, 0.6) is 5.88 Å². The number of hydrogen-bond donors (Lipinski definition) is 2. The zero-order valence-corrected chi connectivity index (χ0v) is 21.2. The Balaban J connectivity index is 1.33. The van der Waals surface area contributed by atoms with E-state index in [1.54, 1.807) is 18.3 Å². The van der Waals surface area contributed by atoms with Crippen LogP contribution in [0, 0.1) is 11.3 Å². The van der Waals surface area contributed by atoms with Crippen LogP contribution in [0.4, 0.5) is 5.95 Å². The fraction of sp³-hybridized carbons (Fsp3) is 0.593. The van der Waals surface area contributed by atoms with Crippen LogP contribution in [0.3, 0.4) is 0 Å². The number of aliphatic hydroxyl groups is 1. The van der Waals surface area contributed by atoms with Gasteiger partial charge in [0.1, 0.15) is 12.2 Å². The van der Waals surface area contributed by atoms with Gasteiger partial charge in [0, 0.05) is 30.4 Å². The van der Waals surface area contributed by atoms with Gasteiger partial charge in [0.2, 0.25) is 11.8 Å². The summed E-state index contributed by atoms with van der Waals surface area (Å²) < 4.78 is 6.10. The minimum absolute atomic E-state index is 0.114. The van der Waals surface area contributed by atoms with Crippen molar-refractivity contribution in [1.29, 1.82) is 0 Å². The Morgan fingerprint density at radius 2 is 1.94 bits per heavy atom. The number of carbonyl (C=O) groups excluding carboxylic acids is 1. The highest BCUT2D eigenvalue weighted by molar-refractivity contribution is 6.31. The number of amides is 1. The number of aliphatic hydroxyl groups excluding tert-OH is 1. The molecule has 1 spiro atoms. The third kappa shape index (κ3) is 5.72. The minimum Gasteiger partial charge on any atom is -0.472 e. The van der Waals surface area contributed by atoms with E-state index >= 15 is 0 Å². The number of piperidine rings is 1. The molecule has 3 aliphatic rings. The van der Waals surface area contributed by atoms with Crippen LogP contribution in [0.15, 0.2) is 24.4 Å². The van der Waals surface area contributed by atoms with Crippen molar-refractivity contribution in [1.82, 2.24) is 15.3 Å². The number of nitrogens with one attached hydrogen (secondary N) is 1. The first-order valence-electron chi connectivity index (χ1n) is 12.9. The molecule has 5 rings (SSSR count). The number of carbonyl (C=O) groups is 1. The Morgan fingerprint density at radius 1 is 1.20 bits per heavy atom. The number of ether oxygens (including phenoxy) is 1. The zero-order chi connectivity index (χ0) is 24.4. The third-order valence-electron chi connectivity index (χ3n) is 8.06. The summed E-state index contributed by atoms with van der Waals surface area (Å²) in [6.07, 6.45) is 10.9. The van der Waals surface area contributed by atoms with E-state index in [4.69, 9.17) is 21.3 Å². The molecule has 8 heteroatoms. The molecule has 2 aromatic rings. The number of hydrogen-bond acceptors (Lipinski definition) is 6. The topological polar surface area (TPSA) is 87.6 Å². The van der Waals surface area contributed by atoms with Crippen molar-refractivity contribution in [2.45, 2.75) is 77.5 Å². The van der Waals surface area contributed by atoms with E-state index in [-0.39, 0.29) is 25.2 Å². The molecule has 1 aromatic heterocycles. The normalized spacial score (nSPS) is 23.2. The molecule has 0 unspecified atom stereocenters. The summed E-state index contributed by atoms with van der Waals surface area (Å²) in [5.41, 5.74) is 2.43. The second-order valence-electron chi connectivity index (χ2n) is 10.7. The van der Waals surface area contributed by atoms with Crippen LogP contribution in [-0.2, 0) is 13.2 Å². The highest BCUT2D eigenvalue weighted by Gasteiger charge is 2.44. The first kappa shape index (κ1) is 24.3. The van der Waals surface area contributed by atoms with Crippen molar-refractivity contribution in [2.24, 2.45) is 11.3 Å². The molecule has 0 atom stereocenters. The van der Waals surface area contributed by atoms with E-state index in [9.17, 15) is 9.90 Å². The minimum atomic E-state index is -0.185. The van der Waals surface area contributed by atoms with Crippen molar-refractivity contribution in [3.8, 4) is 5.88 Å². The monoisotopic (exact) mass is 498 g/mol. The average molecular weight is 499 g/mol. The Morgan fingerprint density at radius 3 is 2.60 bits per heavy atom. The van der Waals surface area contributed by atoms with E-state index in [0.29, 0.717) is 39.3 Å². The highest BCUT2D eigenvalue weighted by Crippen LogP contribution is 2.53. The lowest BCUT2D eigenvalue weighted by molar-refractivity contribution is 0.0917. The number of halogens is 1. The molecule has 3 fully saturated rings. The molecular weight excluding hydrogens is 464 g/mol. The lowest BCUT2D eigenvalue weighted by Crippen LogP contribution is -2.38. The van der Waals surface area contributed by atoms with Crippen LogP contribution >= 0.6 is 11.6 Å². The highest BCUT2D eigenvalue weighted by atomic mass is 35.5. The Bertz CT molecular complexity index is 1060. The summed E-state index contributed by atoms with van der Waals surface area (Å²) in [7, 11) is 0. The molecule has 1 saturated heterocycles. The van der Waals surface area contributed by atoms with Gasteiger partial charge in [-0.15, -0.1) is 0 Å². The summed E-state index contributed by atoms with van der Waals surface area (Å²) in [4.78, 5) is 24.7. The summed E-state index contributed by atoms with van der Waals surface area (Å²) in [5.74, 6) is 1.45. The second-order valence-corrected chi connectivity index (χ2v) is 11.1. The molecule has 0 radical (unpaired) electrons. The van der Waals surface area contributed by atoms with Gasteiger partial charge in [0.15, 0.2) is 0 Å². The van der Waals surface area contributed by atoms with Gasteiger partial charge in [-0.3, -0.25) is 4.79 Å². The maximum Gasteiger partial charge on any atom is 0.258 e. The van der Waals surface area contributed by atoms with Gasteiger partial charge in [0.25, 0.3) is 5.91 Å². The van der Waals surface area contributed by atoms with Gasteiger partial charge in [-0.1, -0.05) is 30.7 Å². The summed E-state index contributed by atoms with van der Waals surface area (Å²) >= 11 is 6.25. The fourth-order valence-corrected chi connectivity index (χ4v) is 5.52. The SMILES string of the molecule is CC1CCC(NC(=O)c2cnc(N3CCC4(CC3)CC4)nc2OCc2ccc(CO)c(Cl)c2)CC1. The number of rotatable bonds is 7. The summed E-state index contributed by atoms with van der Waals surface area (Å²) in [6, 6.07) is 5.60. The van der Waals surface area contributed by atoms with Crippen molar-refractivity contribution in [2.75, 3.05) is 18.0 Å². The molecule has 2 N–H and O–H groups in total. The maximum atomic E-state index is 13.2. The van der Waals surface area contributed by atoms with Gasteiger partial charge >= 0.3 is 0 Å². The standard InChI is InChI=1S/C27H35ClN4O3/c1-18-2-6-21(7-3-18)30-24(34)22-15-29-26(32-12-10-27(8-9-27)11-13-32)31-25(22)35-17-19-4-5-20(16-33)23(28)14-19/h4-5,14-15,18,21,33H,2-3,6-13,16-17H2,1H3,(H,30,34). The Kier molecular flexibility index (Phi) is 7.17. The van der Waals surface area contributed by atoms with E-state index in [1.165, 1.54) is 25.7 Å². The molecule has 2 aliphatic carbocycles. The smallest absolute Gasteiger partial charge is 0.258 e. The van der Waals surface area contributed by atoms with E-state index in [1.807, 2.05) is 6.07 Å². The number of benzene rings is 1. The molecule has 2 heterocycles. The van der Waals surface area contributed by atoms with Crippen LogP contribution in [0.25, 0.3) is 0 Å². The molecule has 188 valence electrons. The molecular formula is C27H35ClN4O3. The van der Waals surface area contributed by atoms with E-state index in [0.717, 1.165) is 44.3 Å². The Labute approximate surface area is 212 Å². The molecule has 1 aromatic carbocycles. The lowest BCUT2D eigenvalue weighted by atomic mass is 9.87. The molecule has 1 aliphatic heterocycles. The van der Waals surface area contributed by atoms with Gasteiger partial charge in [-0.25, -0.2) is 4.98 Å². The largest absolute Gasteiger partial charge is 0.472 e. The lowest BCUT2D eigenvalue weighted by Gasteiger charge is -2.32. The van der Waals surface area contributed by atoms with E-state index < -0.39 is 0 Å². The second kappa shape index (κ2) is 10.3. The third-order valence-corrected chi connectivity index (χ3v) is 8.42. The van der Waals surface area contributed by atoms with Crippen molar-refractivity contribution < 1.29 is 14.6 Å². The van der Waals surface area contributed by atoms with Crippen molar-refractivity contribution in [3.63, 3.8) is 0 Å². The first-order valence-corrected chi connectivity index (χ1v) is 13.3. The zero-order valence-electron chi connectivity index (χ0n) is 20.4. The van der Waals surface area contributed by atoms with Gasteiger partial charge in [-0.2, -0.15) is 4.98 Å². The van der Waals surface area contributed by atoms with Gasteiger partial charge in [-0.05, 0) is 79.9 Å². The predicted molar refractivity (Wildman–Crippen MR) is 136 cm³/mol. The first-order chi connectivity index (χ1) is 16.9. The van der Waals surface area contributed by atoms with Crippen LogP contribution in [-0.4, -0.2) is 40.1 Å². The van der Waals surface area contributed by atoms with Crippen molar-refractivity contribution >= 4 is 23.5 Å². The molecule has 35 heavy (non-hydrogen) atoms. The van der Waals surface area contributed by atoms with Gasteiger partial charge in [0.05, 0.1) is 6.61 Å². The fourth-order valence-electron chi connectivity index (χ4n) is 5.26. The molecule has 0 bridgehead atoms. The molecule has 1 amide bonds. The average Bonchev–Trinajstić information content (AvgIpc) is 3.63. The van der Waals surface area contributed by atoms with Crippen molar-refractivity contribution in [3.05, 3.63) is 46.1 Å².